The van der Waals surface area contributed by atoms with Crippen molar-refractivity contribution in [1.29, 1.82) is 0 Å². The molecule has 0 saturated carbocycles. The zero-order chi connectivity index (χ0) is 18.5. The molecule has 2 atom stereocenters. The largest absolute Gasteiger partial charge is 0.497 e. The Morgan fingerprint density at radius 2 is 1.93 bits per heavy atom. The van der Waals surface area contributed by atoms with Crippen LogP contribution in [0.15, 0.2) is 48.5 Å². The molecule has 0 spiro atoms. The number of hydrogen-bond acceptors (Lipinski definition) is 4. The summed E-state index contributed by atoms with van der Waals surface area (Å²) in [6, 6.07) is 13.3. The average molecular weight is 395 g/mol. The first-order valence-corrected chi connectivity index (χ1v) is 8.66. The van der Waals surface area contributed by atoms with E-state index in [9.17, 15) is 9.18 Å². The Balaban J connectivity index is 0.00000261. The van der Waals surface area contributed by atoms with Gasteiger partial charge in [0.25, 0.3) is 5.91 Å². The highest BCUT2D eigenvalue weighted by Gasteiger charge is 2.31. The van der Waals surface area contributed by atoms with Gasteiger partial charge in [-0.25, -0.2) is 4.39 Å². The Morgan fingerprint density at radius 1 is 1.22 bits per heavy atom. The number of nitrogens with zero attached hydrogens (tertiary/aromatic N) is 1. The second-order valence-electron chi connectivity index (χ2n) is 6.24. The van der Waals surface area contributed by atoms with Crippen LogP contribution in [0.5, 0.6) is 11.5 Å². The number of rotatable bonds is 5. The van der Waals surface area contributed by atoms with E-state index in [2.05, 4.69) is 5.32 Å². The molecule has 2 aromatic rings. The molecule has 1 heterocycles. The zero-order valence-electron chi connectivity index (χ0n) is 15.4. The molecule has 0 bridgehead atoms. The molecule has 1 N–H and O–H groups in total. The number of piperazine rings is 1. The summed E-state index contributed by atoms with van der Waals surface area (Å²) in [4.78, 5) is 14.7. The summed E-state index contributed by atoms with van der Waals surface area (Å²) >= 11 is 0. The first kappa shape index (κ1) is 21.0. The van der Waals surface area contributed by atoms with Gasteiger partial charge in [-0.05, 0) is 48.9 Å². The van der Waals surface area contributed by atoms with E-state index in [0.29, 0.717) is 25.4 Å². The predicted molar refractivity (Wildman–Crippen MR) is 104 cm³/mol. The van der Waals surface area contributed by atoms with E-state index in [0.717, 1.165) is 11.3 Å². The van der Waals surface area contributed by atoms with Crippen LogP contribution in [-0.4, -0.2) is 43.7 Å². The third kappa shape index (κ3) is 5.11. The average Bonchev–Trinajstić information content (AvgIpc) is 2.68. The van der Waals surface area contributed by atoms with E-state index < -0.39 is 6.10 Å². The van der Waals surface area contributed by atoms with Gasteiger partial charge in [-0.15, -0.1) is 12.4 Å². The zero-order valence-corrected chi connectivity index (χ0v) is 16.2. The van der Waals surface area contributed by atoms with Gasteiger partial charge in [0.05, 0.1) is 13.2 Å². The minimum absolute atomic E-state index is 0. The smallest absolute Gasteiger partial charge is 0.263 e. The van der Waals surface area contributed by atoms with Crippen molar-refractivity contribution >= 4 is 18.3 Å². The summed E-state index contributed by atoms with van der Waals surface area (Å²) in [7, 11) is 1.60. The molecular formula is C20H24ClFN2O3. The minimum atomic E-state index is -0.641. The maximum atomic E-state index is 13.6. The van der Waals surface area contributed by atoms with Crippen LogP contribution >= 0.6 is 12.4 Å². The molecule has 27 heavy (non-hydrogen) atoms. The molecule has 0 radical (unpaired) electrons. The van der Waals surface area contributed by atoms with Gasteiger partial charge in [0.2, 0.25) is 0 Å². The van der Waals surface area contributed by atoms with Crippen LogP contribution in [-0.2, 0) is 4.79 Å². The van der Waals surface area contributed by atoms with Crippen LogP contribution in [0.3, 0.4) is 0 Å². The Bertz CT molecular complexity index is 757. The van der Waals surface area contributed by atoms with Crippen molar-refractivity contribution < 1.29 is 18.7 Å². The SMILES string of the molecule is COc1ccc(OC(C)C(=O)N2CCNCC2c2cccc(F)c2)cc1.Cl. The van der Waals surface area contributed by atoms with Gasteiger partial charge in [-0.1, -0.05) is 12.1 Å². The Morgan fingerprint density at radius 3 is 2.59 bits per heavy atom. The fourth-order valence-corrected chi connectivity index (χ4v) is 3.12. The van der Waals surface area contributed by atoms with Crippen LogP contribution in [0.25, 0.3) is 0 Å². The molecule has 3 rings (SSSR count). The maximum absolute atomic E-state index is 13.6. The van der Waals surface area contributed by atoms with Gasteiger partial charge in [0.15, 0.2) is 6.10 Å². The van der Waals surface area contributed by atoms with Crippen LogP contribution < -0.4 is 14.8 Å². The van der Waals surface area contributed by atoms with E-state index in [4.69, 9.17) is 9.47 Å². The molecule has 0 aromatic heterocycles. The summed E-state index contributed by atoms with van der Waals surface area (Å²) < 4.78 is 24.5. The quantitative estimate of drug-likeness (QED) is 0.846. The van der Waals surface area contributed by atoms with Crippen LogP contribution in [0.4, 0.5) is 4.39 Å². The first-order valence-electron chi connectivity index (χ1n) is 8.66. The van der Waals surface area contributed by atoms with Gasteiger partial charge in [0, 0.05) is 19.6 Å². The van der Waals surface area contributed by atoms with Gasteiger partial charge in [0.1, 0.15) is 17.3 Å². The van der Waals surface area contributed by atoms with Crippen LogP contribution in [0, 0.1) is 5.82 Å². The number of benzene rings is 2. The lowest BCUT2D eigenvalue weighted by molar-refractivity contribution is -0.141. The van der Waals surface area contributed by atoms with Gasteiger partial charge < -0.3 is 19.7 Å². The van der Waals surface area contributed by atoms with Crippen molar-refractivity contribution in [3.8, 4) is 11.5 Å². The van der Waals surface area contributed by atoms with Gasteiger partial charge in [-0.3, -0.25) is 4.79 Å². The second-order valence-corrected chi connectivity index (χ2v) is 6.24. The lowest BCUT2D eigenvalue weighted by Gasteiger charge is -2.38. The molecular weight excluding hydrogens is 371 g/mol. The number of amides is 1. The molecule has 146 valence electrons. The maximum Gasteiger partial charge on any atom is 0.263 e. The molecule has 2 aromatic carbocycles. The van der Waals surface area contributed by atoms with Gasteiger partial charge in [-0.2, -0.15) is 0 Å². The number of ether oxygens (including phenoxy) is 2. The Labute approximate surface area is 164 Å². The molecule has 7 heteroatoms. The molecule has 1 fully saturated rings. The van der Waals surface area contributed by atoms with Crippen LogP contribution in [0.2, 0.25) is 0 Å². The number of carbonyl (C=O) groups is 1. The van der Waals surface area contributed by atoms with Crippen molar-refractivity contribution in [3.05, 3.63) is 59.9 Å². The predicted octanol–water partition coefficient (Wildman–Crippen LogP) is 3.20. The summed E-state index contributed by atoms with van der Waals surface area (Å²) in [6.07, 6.45) is -0.641. The molecule has 0 aliphatic carbocycles. The first-order chi connectivity index (χ1) is 12.6. The highest BCUT2D eigenvalue weighted by Crippen LogP contribution is 2.25. The third-order valence-electron chi connectivity index (χ3n) is 4.48. The summed E-state index contributed by atoms with van der Waals surface area (Å²) in [5.41, 5.74) is 0.780. The fourth-order valence-electron chi connectivity index (χ4n) is 3.12. The molecule has 1 saturated heterocycles. The number of hydrogen-bond donors (Lipinski definition) is 1. The van der Waals surface area contributed by atoms with Crippen molar-refractivity contribution in [2.24, 2.45) is 0 Å². The van der Waals surface area contributed by atoms with Crippen molar-refractivity contribution in [1.82, 2.24) is 10.2 Å². The van der Waals surface area contributed by atoms with Crippen molar-refractivity contribution in [2.45, 2.75) is 19.1 Å². The molecule has 1 amide bonds. The Hall–Kier alpha value is -2.31. The summed E-state index contributed by atoms with van der Waals surface area (Å²) in [5.74, 6) is 0.910. The molecule has 1 aliphatic rings. The van der Waals surface area contributed by atoms with E-state index in [1.54, 1.807) is 49.3 Å². The lowest BCUT2D eigenvalue weighted by Crippen LogP contribution is -2.52. The number of methoxy groups -OCH3 is 1. The second kappa shape index (κ2) is 9.58. The normalized spacial score (nSPS) is 17.6. The van der Waals surface area contributed by atoms with E-state index in [1.807, 2.05) is 6.07 Å². The minimum Gasteiger partial charge on any atom is -0.497 e. The summed E-state index contributed by atoms with van der Waals surface area (Å²) in [6.45, 7) is 3.57. The van der Waals surface area contributed by atoms with Crippen molar-refractivity contribution in [3.63, 3.8) is 0 Å². The molecule has 2 unspecified atom stereocenters. The molecule has 5 nitrogen and oxygen atoms in total. The number of halogens is 2. The highest BCUT2D eigenvalue weighted by molar-refractivity contribution is 5.85. The lowest BCUT2D eigenvalue weighted by atomic mass is 10.0. The monoisotopic (exact) mass is 394 g/mol. The number of carbonyl (C=O) groups excluding carboxylic acids is 1. The van der Waals surface area contributed by atoms with Crippen LogP contribution in [0.1, 0.15) is 18.5 Å². The Kier molecular flexibility index (Phi) is 7.45. The van der Waals surface area contributed by atoms with Crippen molar-refractivity contribution in [2.75, 3.05) is 26.7 Å². The third-order valence-corrected chi connectivity index (χ3v) is 4.48. The molecule has 1 aliphatic heterocycles. The topological polar surface area (TPSA) is 50.8 Å². The van der Waals surface area contributed by atoms with E-state index >= 15 is 0 Å². The summed E-state index contributed by atoms with van der Waals surface area (Å²) in [5, 5.41) is 3.27. The standard InChI is InChI=1S/C20H23FN2O3.ClH/c1-14(26-18-8-6-17(25-2)7-9-18)20(24)23-11-10-22-13-19(23)15-4-3-5-16(21)12-15;/h3-9,12,14,19,22H,10-11,13H2,1-2H3;1H. The van der Waals surface area contributed by atoms with E-state index in [1.165, 1.54) is 12.1 Å². The van der Waals surface area contributed by atoms with E-state index in [-0.39, 0.29) is 30.2 Å². The van der Waals surface area contributed by atoms with Gasteiger partial charge >= 0.3 is 0 Å². The highest BCUT2D eigenvalue weighted by atomic mass is 35.5. The number of nitrogens with one attached hydrogen (secondary N) is 1. The fraction of sp³-hybridized carbons (Fsp3) is 0.350.